The van der Waals surface area contributed by atoms with E-state index in [0.717, 1.165) is 56.6 Å². The summed E-state index contributed by atoms with van der Waals surface area (Å²) in [5.74, 6) is 1.82. The van der Waals surface area contributed by atoms with E-state index in [0.29, 0.717) is 12.6 Å². The number of rotatable bonds is 6. The molecule has 2 fully saturated rings. The van der Waals surface area contributed by atoms with Crippen LogP contribution in [0.1, 0.15) is 18.1 Å². The van der Waals surface area contributed by atoms with Gasteiger partial charge in [0, 0.05) is 32.7 Å². The molecule has 30 heavy (non-hydrogen) atoms. The topological polar surface area (TPSA) is 49.3 Å². The number of hydrogen-bond acceptors (Lipinski definition) is 4. The first-order chi connectivity index (χ1) is 14.8. The molecule has 1 N–H and O–H groups in total. The number of guanidine groups is 1. The first kappa shape index (κ1) is 20.7. The Balaban J connectivity index is 1.45. The summed E-state index contributed by atoms with van der Waals surface area (Å²) < 4.78 is 11.5. The van der Waals surface area contributed by atoms with Gasteiger partial charge in [0.25, 0.3) is 0 Å². The van der Waals surface area contributed by atoms with Crippen LogP contribution in [0.5, 0.6) is 5.75 Å². The maximum Gasteiger partial charge on any atom is 0.194 e. The van der Waals surface area contributed by atoms with Gasteiger partial charge in [0.05, 0.1) is 32.4 Å². The first-order valence-corrected chi connectivity index (χ1v) is 10.8. The number of likely N-dealkylation sites (tertiary alicyclic amines) is 1. The summed E-state index contributed by atoms with van der Waals surface area (Å²) in [5.41, 5.74) is 2.50. The summed E-state index contributed by atoms with van der Waals surface area (Å²) >= 11 is 0. The number of morpholine rings is 1. The Labute approximate surface area is 179 Å². The molecular weight excluding hydrogens is 376 g/mol. The zero-order valence-electron chi connectivity index (χ0n) is 18.0. The van der Waals surface area contributed by atoms with Crippen LogP contribution in [-0.2, 0) is 17.8 Å². The second-order valence-corrected chi connectivity index (χ2v) is 7.86. The molecule has 0 bridgehead atoms. The fourth-order valence-corrected chi connectivity index (χ4v) is 4.31. The predicted octanol–water partition coefficient (Wildman–Crippen LogP) is 2.75. The molecule has 2 heterocycles. The number of nitrogens with one attached hydrogen (secondary N) is 1. The van der Waals surface area contributed by atoms with Gasteiger partial charge in [0.1, 0.15) is 5.75 Å². The molecule has 0 radical (unpaired) electrons. The highest BCUT2D eigenvalue weighted by molar-refractivity contribution is 5.80. The maximum atomic E-state index is 6.14. The summed E-state index contributed by atoms with van der Waals surface area (Å²) in [7, 11) is 1.69. The van der Waals surface area contributed by atoms with Crippen molar-refractivity contribution < 1.29 is 9.47 Å². The van der Waals surface area contributed by atoms with Crippen molar-refractivity contribution in [2.24, 2.45) is 4.99 Å². The zero-order chi connectivity index (χ0) is 20.8. The van der Waals surface area contributed by atoms with Crippen molar-refractivity contribution in [3.63, 3.8) is 0 Å². The van der Waals surface area contributed by atoms with Gasteiger partial charge in [0.2, 0.25) is 0 Å². The summed E-state index contributed by atoms with van der Waals surface area (Å²) in [5, 5.41) is 3.47. The van der Waals surface area contributed by atoms with Crippen LogP contribution in [0.3, 0.4) is 0 Å². The van der Waals surface area contributed by atoms with Gasteiger partial charge in [-0.1, -0.05) is 42.5 Å². The molecule has 2 aromatic rings. The highest BCUT2D eigenvalue weighted by Crippen LogP contribution is 2.25. The van der Waals surface area contributed by atoms with Crippen molar-refractivity contribution in [1.29, 1.82) is 0 Å². The Morgan fingerprint density at radius 3 is 2.77 bits per heavy atom. The SMILES string of the molecule is CCNC(=NCc1cccc(OC)c1)N1CC2OCCN(Cc3ccccc3)C2C1. The van der Waals surface area contributed by atoms with Gasteiger partial charge in [-0.25, -0.2) is 4.99 Å². The molecular formula is C24H32N4O2. The molecule has 6 nitrogen and oxygen atoms in total. The van der Waals surface area contributed by atoms with Crippen molar-refractivity contribution >= 4 is 5.96 Å². The lowest BCUT2D eigenvalue weighted by Gasteiger charge is -2.36. The predicted molar refractivity (Wildman–Crippen MR) is 120 cm³/mol. The lowest BCUT2D eigenvalue weighted by atomic mass is 10.1. The molecule has 2 atom stereocenters. The van der Waals surface area contributed by atoms with Crippen LogP contribution in [0.25, 0.3) is 0 Å². The summed E-state index contributed by atoms with van der Waals surface area (Å²) in [6.07, 6.45) is 0.225. The van der Waals surface area contributed by atoms with E-state index in [9.17, 15) is 0 Å². The van der Waals surface area contributed by atoms with E-state index in [-0.39, 0.29) is 6.10 Å². The van der Waals surface area contributed by atoms with E-state index in [1.54, 1.807) is 7.11 Å². The molecule has 0 aliphatic carbocycles. The molecule has 6 heteroatoms. The molecule has 2 unspecified atom stereocenters. The third-order valence-corrected chi connectivity index (χ3v) is 5.82. The van der Waals surface area contributed by atoms with E-state index in [1.165, 1.54) is 5.56 Å². The van der Waals surface area contributed by atoms with Crippen molar-refractivity contribution in [3.05, 3.63) is 65.7 Å². The number of methoxy groups -OCH3 is 1. The van der Waals surface area contributed by atoms with Crippen LogP contribution in [0.15, 0.2) is 59.6 Å². The van der Waals surface area contributed by atoms with Crippen LogP contribution in [0.2, 0.25) is 0 Å². The molecule has 4 rings (SSSR count). The van der Waals surface area contributed by atoms with Crippen molar-refractivity contribution in [1.82, 2.24) is 15.1 Å². The minimum atomic E-state index is 0.225. The van der Waals surface area contributed by atoms with Crippen molar-refractivity contribution in [2.75, 3.05) is 39.9 Å². The number of fused-ring (bicyclic) bond motifs is 1. The second kappa shape index (κ2) is 9.96. The first-order valence-electron chi connectivity index (χ1n) is 10.8. The monoisotopic (exact) mass is 408 g/mol. The number of aliphatic imine (C=N–C) groups is 1. The van der Waals surface area contributed by atoms with E-state index >= 15 is 0 Å². The highest BCUT2D eigenvalue weighted by atomic mass is 16.5. The number of benzene rings is 2. The molecule has 0 saturated carbocycles. The fraction of sp³-hybridized carbons (Fsp3) is 0.458. The standard InChI is InChI=1S/C24H32N4O2/c1-3-25-24(26-15-20-10-7-11-21(14-20)29-2)28-17-22-23(18-28)30-13-12-27(22)16-19-8-5-4-6-9-19/h4-11,14,22-23H,3,12-13,15-18H2,1-2H3,(H,25,26). The summed E-state index contributed by atoms with van der Waals surface area (Å²) in [6.45, 7) is 8.12. The molecule has 0 spiro atoms. The summed E-state index contributed by atoms with van der Waals surface area (Å²) in [4.78, 5) is 9.82. The molecule has 2 aliphatic heterocycles. The minimum absolute atomic E-state index is 0.225. The van der Waals surface area contributed by atoms with E-state index in [1.807, 2.05) is 18.2 Å². The van der Waals surface area contributed by atoms with Crippen molar-refractivity contribution in [2.45, 2.75) is 32.2 Å². The molecule has 2 saturated heterocycles. The maximum absolute atomic E-state index is 6.14. The van der Waals surface area contributed by atoms with Crippen LogP contribution < -0.4 is 10.1 Å². The normalized spacial score (nSPS) is 22.1. The van der Waals surface area contributed by atoms with Gasteiger partial charge in [0.15, 0.2) is 5.96 Å². The van der Waals surface area contributed by atoms with E-state index in [2.05, 4.69) is 58.4 Å². The third kappa shape index (κ3) is 4.94. The lowest BCUT2D eigenvalue weighted by molar-refractivity contribution is -0.0502. The van der Waals surface area contributed by atoms with Gasteiger partial charge in [-0.15, -0.1) is 0 Å². The number of hydrogen-bond donors (Lipinski definition) is 1. The zero-order valence-corrected chi connectivity index (χ0v) is 18.0. The van der Waals surface area contributed by atoms with Gasteiger partial charge < -0.3 is 19.7 Å². The Bertz CT molecular complexity index is 842. The largest absolute Gasteiger partial charge is 0.497 e. The number of ether oxygens (including phenoxy) is 2. The van der Waals surface area contributed by atoms with Gasteiger partial charge >= 0.3 is 0 Å². The molecule has 2 aliphatic rings. The van der Waals surface area contributed by atoms with Crippen LogP contribution >= 0.6 is 0 Å². The number of nitrogens with zero attached hydrogens (tertiary/aromatic N) is 3. The Morgan fingerprint density at radius 1 is 1.13 bits per heavy atom. The molecule has 0 aromatic heterocycles. The second-order valence-electron chi connectivity index (χ2n) is 7.86. The minimum Gasteiger partial charge on any atom is -0.497 e. The lowest BCUT2D eigenvalue weighted by Crippen LogP contribution is -2.50. The van der Waals surface area contributed by atoms with E-state index in [4.69, 9.17) is 14.5 Å². The van der Waals surface area contributed by atoms with Crippen LogP contribution in [0.4, 0.5) is 0 Å². The molecule has 160 valence electrons. The van der Waals surface area contributed by atoms with Gasteiger partial charge in [-0.05, 0) is 30.2 Å². The van der Waals surface area contributed by atoms with Crippen LogP contribution in [0, 0.1) is 0 Å². The fourth-order valence-electron chi connectivity index (χ4n) is 4.31. The Hall–Kier alpha value is -2.57. The highest BCUT2D eigenvalue weighted by Gasteiger charge is 2.41. The van der Waals surface area contributed by atoms with E-state index < -0.39 is 0 Å². The Morgan fingerprint density at radius 2 is 1.97 bits per heavy atom. The quantitative estimate of drug-likeness (QED) is 0.588. The third-order valence-electron chi connectivity index (χ3n) is 5.82. The Kier molecular flexibility index (Phi) is 6.87. The molecule has 0 amide bonds. The molecule has 2 aromatic carbocycles. The van der Waals surface area contributed by atoms with Gasteiger partial charge in [-0.2, -0.15) is 0 Å². The van der Waals surface area contributed by atoms with Gasteiger partial charge in [-0.3, -0.25) is 4.90 Å². The van der Waals surface area contributed by atoms with Crippen molar-refractivity contribution in [3.8, 4) is 5.75 Å². The average Bonchev–Trinajstić information content (AvgIpc) is 3.23. The summed E-state index contributed by atoms with van der Waals surface area (Å²) in [6, 6.07) is 19.2. The smallest absolute Gasteiger partial charge is 0.194 e. The van der Waals surface area contributed by atoms with Crippen LogP contribution in [-0.4, -0.2) is 67.8 Å². The average molecular weight is 409 g/mol.